The number of nitrogens with zero attached hydrogens (tertiary/aromatic N) is 18. The lowest BCUT2D eigenvalue weighted by atomic mass is 9.82. The number of amides is 2. The minimum Gasteiger partial charge on any atom is -0.466 e. The summed E-state index contributed by atoms with van der Waals surface area (Å²) in [6.07, 6.45) is 24.4. The lowest BCUT2D eigenvalue weighted by molar-refractivity contribution is -0.157. The number of nitrogens with two attached hydrogens (primary N) is 2. The molecular formula is C55H63ClN22O8S4. The highest BCUT2D eigenvalue weighted by molar-refractivity contribution is 7.16. The molecule has 9 aromatic heterocycles. The van der Waals surface area contributed by atoms with Crippen molar-refractivity contribution in [3.05, 3.63) is 141 Å². The number of esters is 3. The SMILES string of the molecule is CCOC(=O)C(C(=O)OCC)c1ncccn1.CCOC(=O)Cc1ncccn1.Clc1ncccn1.Nc1nnc([C@H]2CCC[C@H](c3nnc(N)s3)C2)s1.O=C(Cc1ncccn1)Nc1nnc([C@H]2CCC[C@H](c3nnc(NC(=O)Cc4ncccn4)s3)C2)s1. The fourth-order valence-electron chi connectivity index (χ4n) is 8.72. The van der Waals surface area contributed by atoms with Gasteiger partial charge in [0.25, 0.3) is 0 Å². The van der Waals surface area contributed by atoms with Gasteiger partial charge < -0.3 is 36.3 Å². The van der Waals surface area contributed by atoms with Crippen LogP contribution >= 0.6 is 56.9 Å². The predicted molar refractivity (Wildman–Crippen MR) is 333 cm³/mol. The molecule has 0 spiro atoms. The maximum atomic E-state index is 12.3. The minimum atomic E-state index is -1.21. The van der Waals surface area contributed by atoms with Crippen molar-refractivity contribution in [1.82, 2.24) is 90.6 Å². The van der Waals surface area contributed by atoms with Gasteiger partial charge in [0.15, 0.2) is 5.82 Å². The zero-order valence-corrected chi connectivity index (χ0v) is 52.9. The van der Waals surface area contributed by atoms with Crippen molar-refractivity contribution >= 4 is 107 Å². The van der Waals surface area contributed by atoms with E-state index >= 15 is 0 Å². The molecule has 9 heterocycles. The quantitative estimate of drug-likeness (QED) is 0.0286. The van der Waals surface area contributed by atoms with Gasteiger partial charge in [0.05, 0.1) is 32.7 Å². The number of ether oxygens (including phenoxy) is 3. The van der Waals surface area contributed by atoms with E-state index in [9.17, 15) is 24.0 Å². The molecule has 6 N–H and O–H groups in total. The third kappa shape index (κ3) is 23.1. The normalized spacial score (nSPS) is 15.7. The Hall–Kier alpha value is -9.12. The van der Waals surface area contributed by atoms with Crippen molar-refractivity contribution in [3.8, 4) is 0 Å². The molecule has 4 atom stereocenters. The number of carbonyl (C=O) groups is 5. The van der Waals surface area contributed by atoms with Crippen molar-refractivity contribution in [2.75, 3.05) is 41.9 Å². The Balaban J connectivity index is 0.000000179. The molecule has 11 rings (SSSR count). The first-order chi connectivity index (χ1) is 43.8. The molecule has 0 bridgehead atoms. The standard InChI is InChI=1S/C22H22N10O2S2.C11H14N2O4.C10H14N6S2.C8H10N2O2.C4H3ClN2/c33-17(11-15-23-6-2-7-24-15)27-21-31-29-19(35-21)13-4-1-5-14(10-13)20-30-32-22(36-20)28-18(34)12-16-25-8-3-9-26-16;1-3-16-10(14)8(11(15)17-4-2)9-12-6-5-7-13-9;11-9-15-13-7(17-9)5-2-1-3-6(4-5)8-14-16-10(12)18-8;1-2-12-8(11)6-7-9-4-3-5-10-7;5-4-6-2-1-3-7-4/h2-3,6-9,13-14H,1,4-5,10-12H2,(H,27,31,33)(H,28,32,34);5-8H,3-4H2,1-2H3;5-6H,1-4H2,(H2,11,15)(H2,12,16);3-5H,2,6H2,1H3;1-3H/t13-,14-;;5-,6-;;/m0.0../s1. The van der Waals surface area contributed by atoms with Gasteiger partial charge in [-0.05, 0) is 101 Å². The largest absolute Gasteiger partial charge is 0.466 e. The molecule has 0 aliphatic heterocycles. The van der Waals surface area contributed by atoms with Gasteiger partial charge in [-0.3, -0.25) is 24.0 Å². The molecule has 90 heavy (non-hydrogen) atoms. The molecule has 2 aliphatic carbocycles. The minimum absolute atomic E-state index is 0.0789. The Labute approximate surface area is 536 Å². The summed E-state index contributed by atoms with van der Waals surface area (Å²) in [6.45, 7) is 5.84. The topological polar surface area (TPSA) is 421 Å². The zero-order chi connectivity index (χ0) is 63.9. The van der Waals surface area contributed by atoms with E-state index in [0.717, 1.165) is 65.0 Å². The van der Waals surface area contributed by atoms with E-state index in [1.807, 2.05) is 0 Å². The zero-order valence-electron chi connectivity index (χ0n) is 48.9. The summed E-state index contributed by atoms with van der Waals surface area (Å²) in [7, 11) is 0. The van der Waals surface area contributed by atoms with Crippen LogP contribution in [0.4, 0.5) is 20.5 Å². The number of hydrogen-bond donors (Lipinski definition) is 4. The van der Waals surface area contributed by atoms with Crippen LogP contribution in [-0.2, 0) is 57.4 Å². The third-order valence-electron chi connectivity index (χ3n) is 12.6. The molecule has 0 unspecified atom stereocenters. The number of halogens is 1. The number of aromatic nitrogens is 18. The monoisotopic (exact) mass is 1320 g/mol. The van der Waals surface area contributed by atoms with E-state index in [1.54, 1.807) is 101 Å². The number of hydrogen-bond acceptors (Lipinski definition) is 32. The molecule has 2 saturated carbocycles. The lowest BCUT2D eigenvalue weighted by Crippen LogP contribution is -2.27. The number of rotatable bonds is 18. The van der Waals surface area contributed by atoms with Crippen molar-refractivity contribution < 1.29 is 38.2 Å². The highest BCUT2D eigenvalue weighted by Crippen LogP contribution is 2.45. The average molecular weight is 1320 g/mol. The molecule has 35 heteroatoms. The number of nitrogens with one attached hydrogen (secondary N) is 2. The van der Waals surface area contributed by atoms with Gasteiger partial charge in [-0.1, -0.05) is 58.2 Å². The molecule has 30 nitrogen and oxygen atoms in total. The Morgan fingerprint density at radius 1 is 0.467 bits per heavy atom. The van der Waals surface area contributed by atoms with E-state index in [0.29, 0.717) is 61.7 Å². The van der Waals surface area contributed by atoms with Crippen LogP contribution in [0.3, 0.4) is 0 Å². The van der Waals surface area contributed by atoms with Crippen LogP contribution < -0.4 is 22.1 Å². The van der Waals surface area contributed by atoms with Crippen molar-refractivity contribution in [2.24, 2.45) is 0 Å². The number of carbonyl (C=O) groups excluding carboxylic acids is 5. The van der Waals surface area contributed by atoms with E-state index in [-0.39, 0.29) is 67.9 Å². The molecule has 2 amide bonds. The van der Waals surface area contributed by atoms with Gasteiger partial charge in [0, 0.05) is 85.6 Å². The van der Waals surface area contributed by atoms with E-state index < -0.39 is 17.9 Å². The first-order valence-corrected chi connectivity index (χ1v) is 31.8. The summed E-state index contributed by atoms with van der Waals surface area (Å²) >= 11 is 11.1. The molecule has 2 aliphatic rings. The fraction of sp³-hybridized carbons (Fsp3) is 0.400. The van der Waals surface area contributed by atoms with Crippen LogP contribution in [0.2, 0.25) is 5.28 Å². The summed E-state index contributed by atoms with van der Waals surface area (Å²) in [5, 5.41) is 44.9. The van der Waals surface area contributed by atoms with Crippen LogP contribution in [0, 0.1) is 0 Å². The lowest BCUT2D eigenvalue weighted by Gasteiger charge is -2.25. The third-order valence-corrected chi connectivity index (χ3v) is 16.6. The Bertz CT molecular complexity index is 3440. The Morgan fingerprint density at radius 3 is 1.13 bits per heavy atom. The second-order valence-corrected chi connectivity index (χ2v) is 23.4. The summed E-state index contributed by atoms with van der Waals surface area (Å²) in [4.78, 5) is 97.9. The summed E-state index contributed by atoms with van der Waals surface area (Å²) < 4.78 is 14.3. The predicted octanol–water partition coefficient (Wildman–Crippen LogP) is 7.17. The fourth-order valence-corrected chi connectivity index (χ4v) is 12.2. The number of anilines is 4. The molecule has 0 aromatic carbocycles. The van der Waals surface area contributed by atoms with Crippen molar-refractivity contribution in [1.29, 1.82) is 0 Å². The summed E-state index contributed by atoms with van der Waals surface area (Å²) in [5.41, 5.74) is 11.3. The average Bonchev–Trinajstić information content (AvgIpc) is 2.56. The van der Waals surface area contributed by atoms with Gasteiger partial charge in [0.2, 0.25) is 43.5 Å². The smallest absolute Gasteiger partial charge is 0.328 e. The molecule has 472 valence electrons. The molecule has 0 radical (unpaired) electrons. The van der Waals surface area contributed by atoms with Crippen LogP contribution in [0.1, 0.15) is 145 Å². The van der Waals surface area contributed by atoms with Crippen LogP contribution in [0.25, 0.3) is 0 Å². The van der Waals surface area contributed by atoms with Crippen molar-refractivity contribution in [2.45, 2.75) is 121 Å². The van der Waals surface area contributed by atoms with E-state index in [4.69, 9.17) is 37.3 Å². The second kappa shape index (κ2) is 37.0. The van der Waals surface area contributed by atoms with Crippen LogP contribution in [0.5, 0.6) is 0 Å². The molecule has 0 saturated heterocycles. The van der Waals surface area contributed by atoms with Crippen molar-refractivity contribution in [3.63, 3.8) is 0 Å². The Morgan fingerprint density at radius 2 is 0.800 bits per heavy atom. The van der Waals surface area contributed by atoms with E-state index in [2.05, 4.69) is 101 Å². The van der Waals surface area contributed by atoms with Gasteiger partial charge in [-0.2, -0.15) is 0 Å². The first-order valence-electron chi connectivity index (χ1n) is 28.2. The van der Waals surface area contributed by atoms with Gasteiger partial charge in [-0.25, -0.2) is 49.8 Å². The maximum Gasteiger partial charge on any atom is 0.328 e. The molecule has 2 fully saturated rings. The van der Waals surface area contributed by atoms with Gasteiger partial charge in [-0.15, -0.1) is 40.8 Å². The van der Waals surface area contributed by atoms with E-state index in [1.165, 1.54) is 64.2 Å². The first kappa shape index (κ1) is 68.4. The molecule has 9 aromatic rings. The summed E-state index contributed by atoms with van der Waals surface area (Å²) in [6, 6.07) is 8.42. The molecular weight excluding hydrogens is 1260 g/mol. The van der Waals surface area contributed by atoms with Crippen LogP contribution in [-0.4, -0.2) is 140 Å². The second-order valence-electron chi connectivity index (χ2n) is 19.0. The number of nitrogen functional groups attached to an aromatic ring is 2. The highest BCUT2D eigenvalue weighted by atomic mass is 35.5. The maximum absolute atomic E-state index is 12.3. The highest BCUT2D eigenvalue weighted by Gasteiger charge is 2.34. The Kier molecular flexibility index (Phi) is 28.1. The summed E-state index contributed by atoms with van der Waals surface area (Å²) in [5.74, 6) is -0.517. The van der Waals surface area contributed by atoms with Crippen LogP contribution in [0.15, 0.2) is 92.3 Å². The van der Waals surface area contributed by atoms with Gasteiger partial charge >= 0.3 is 17.9 Å². The van der Waals surface area contributed by atoms with Gasteiger partial charge in [0.1, 0.15) is 43.9 Å².